The number of aryl methyl sites for hydroxylation is 1. The van der Waals surface area contributed by atoms with Crippen molar-refractivity contribution < 1.29 is 37.8 Å². The van der Waals surface area contributed by atoms with Crippen molar-refractivity contribution in [1.82, 2.24) is 0 Å². The van der Waals surface area contributed by atoms with Gasteiger partial charge in [-0.3, -0.25) is 0 Å². The monoisotopic (exact) mass is 532 g/mol. The van der Waals surface area contributed by atoms with Gasteiger partial charge in [-0.1, -0.05) is 66.4 Å². The van der Waals surface area contributed by atoms with E-state index < -0.39 is 0 Å². The Balaban J connectivity index is 0.00000225. The fraction of sp³-hybridized carbons (Fsp3) is 0.500. The number of aliphatic hydroxyl groups excluding tert-OH is 1. The van der Waals surface area contributed by atoms with E-state index in [-0.39, 0.29) is 38.8 Å². The Morgan fingerprint density at radius 1 is 1.21 bits per heavy atom. The zero-order valence-electron chi connectivity index (χ0n) is 16.5. The number of rotatable bonds is 7. The Kier molecular flexibility index (Phi) is 8.57. The van der Waals surface area contributed by atoms with Crippen LogP contribution in [0.1, 0.15) is 72.6 Å². The molecule has 3 unspecified atom stereocenters. The van der Waals surface area contributed by atoms with Gasteiger partial charge in [-0.2, -0.15) is 6.07 Å². The van der Waals surface area contributed by atoms with Gasteiger partial charge in [0.05, 0.1) is 6.10 Å². The molecule has 4 atom stereocenters. The first kappa shape index (κ1) is 22.9. The summed E-state index contributed by atoms with van der Waals surface area (Å²) in [6.45, 7) is 2.21. The second kappa shape index (κ2) is 10.5. The molecule has 4 rings (SSSR count). The van der Waals surface area contributed by atoms with Crippen LogP contribution >= 0.6 is 27.3 Å². The van der Waals surface area contributed by atoms with Crippen LogP contribution in [0.3, 0.4) is 0 Å². The number of hydrogen-bond donors (Lipinski definition) is 1. The van der Waals surface area contributed by atoms with Gasteiger partial charge in [-0.25, -0.2) is 6.07 Å². The van der Waals surface area contributed by atoms with Crippen LogP contribution < -0.4 is 0 Å². The maximum Gasteiger partial charge on any atom is 0.0824 e. The minimum absolute atomic E-state index is 0. The van der Waals surface area contributed by atoms with Crippen LogP contribution in [0.4, 0.5) is 0 Å². The van der Waals surface area contributed by atoms with Crippen LogP contribution in [0.15, 0.2) is 40.9 Å². The van der Waals surface area contributed by atoms with Crippen molar-refractivity contribution in [3.8, 4) is 0 Å². The average Bonchev–Trinajstić information content (AvgIpc) is 3.37. The molecule has 0 spiro atoms. The van der Waals surface area contributed by atoms with E-state index in [9.17, 15) is 5.11 Å². The van der Waals surface area contributed by atoms with Crippen molar-refractivity contribution in [2.45, 2.75) is 63.9 Å². The second-order valence-electron chi connectivity index (χ2n) is 8.13. The first-order chi connectivity index (χ1) is 13.2. The van der Waals surface area contributed by atoms with E-state index in [4.69, 9.17) is 0 Å². The third-order valence-electron chi connectivity index (χ3n) is 6.34. The molecule has 1 aromatic carbocycles. The summed E-state index contributed by atoms with van der Waals surface area (Å²) < 4.78 is 1.35. The van der Waals surface area contributed by atoms with Gasteiger partial charge in [0.15, 0.2) is 0 Å². The van der Waals surface area contributed by atoms with E-state index in [2.05, 4.69) is 58.6 Å². The molecule has 1 heterocycles. The molecule has 0 bridgehead atoms. The van der Waals surface area contributed by atoms with E-state index in [0.717, 1.165) is 19.3 Å². The van der Waals surface area contributed by atoms with Gasteiger partial charge >= 0.3 is 0 Å². The van der Waals surface area contributed by atoms with E-state index in [1.807, 2.05) is 6.07 Å². The number of allylic oxidation sites excluding steroid dienone is 2. The standard InChI is InChI=1S/C24H28BrOS.Y/c1-2-5-18-15-19-14-17(9-11-21(19)24(18)26)23-16(10-12-22(23)25)6-3-7-20-8-4-13-27-20;/h4,8-9,11-12,14,16,18,23-24,26H,2-3,5-7,10,15H2,1H3;/q-1;/t16-,18?,23?,24?;/m0./s1. The molecule has 1 nitrogen and oxygen atoms in total. The summed E-state index contributed by atoms with van der Waals surface area (Å²) in [6.07, 6.45) is 10.2. The molecule has 1 radical (unpaired) electrons. The Morgan fingerprint density at radius 2 is 2.07 bits per heavy atom. The van der Waals surface area contributed by atoms with Gasteiger partial charge < -0.3 is 16.4 Å². The van der Waals surface area contributed by atoms with Gasteiger partial charge in [0.25, 0.3) is 0 Å². The molecule has 2 aromatic rings. The number of thiophene rings is 1. The van der Waals surface area contributed by atoms with Gasteiger partial charge in [0, 0.05) is 38.6 Å². The van der Waals surface area contributed by atoms with E-state index >= 15 is 0 Å². The van der Waals surface area contributed by atoms with Crippen molar-refractivity contribution in [3.63, 3.8) is 0 Å². The smallest absolute Gasteiger partial charge is 0.0824 e. The summed E-state index contributed by atoms with van der Waals surface area (Å²) >= 11 is 5.60. The van der Waals surface area contributed by atoms with Crippen LogP contribution in [0.25, 0.3) is 0 Å². The van der Waals surface area contributed by atoms with Crippen molar-refractivity contribution in [1.29, 1.82) is 0 Å². The van der Waals surface area contributed by atoms with Gasteiger partial charge in [0.2, 0.25) is 0 Å². The number of fused-ring (bicyclic) bond motifs is 1. The van der Waals surface area contributed by atoms with Gasteiger partial charge in [-0.15, -0.1) is 10.3 Å². The number of halogens is 1. The SMILES string of the molecule is CCCC1Cc2cc(C3C(Br)=CC[C@@H]3CCCc3cc[c-]s3)ccc2C1O.[Y]. The molecule has 0 saturated heterocycles. The number of hydrogen-bond acceptors (Lipinski definition) is 2. The van der Waals surface area contributed by atoms with Gasteiger partial charge in [0.1, 0.15) is 0 Å². The second-order valence-corrected chi connectivity index (χ2v) is 10.0. The van der Waals surface area contributed by atoms with Crippen molar-refractivity contribution in [3.05, 3.63) is 67.8 Å². The zero-order valence-corrected chi connectivity index (χ0v) is 21.8. The molecule has 0 fully saturated rings. The van der Waals surface area contributed by atoms with Crippen molar-refractivity contribution in [2.75, 3.05) is 0 Å². The largest absolute Gasteiger partial charge is 0.388 e. The van der Waals surface area contributed by atoms with Crippen LogP contribution in [-0.2, 0) is 45.6 Å². The minimum atomic E-state index is -0.269. The summed E-state index contributed by atoms with van der Waals surface area (Å²) in [7, 11) is 0. The first-order valence-corrected chi connectivity index (χ1v) is 11.9. The normalized spacial score (nSPS) is 26.0. The predicted octanol–water partition coefficient (Wildman–Crippen LogP) is 6.96. The summed E-state index contributed by atoms with van der Waals surface area (Å²) in [5, 5.41) is 13.8. The minimum Gasteiger partial charge on any atom is -0.388 e. The Bertz CT molecular complexity index is 801. The summed E-state index contributed by atoms with van der Waals surface area (Å²) in [5.74, 6) is 1.56. The summed E-state index contributed by atoms with van der Waals surface area (Å²) in [5.41, 5.74) is 3.97. The first-order valence-electron chi connectivity index (χ1n) is 10.3. The van der Waals surface area contributed by atoms with E-state index in [1.54, 1.807) is 11.3 Å². The molecule has 0 saturated carbocycles. The average molecular weight is 533 g/mol. The molecule has 4 heteroatoms. The molecule has 0 amide bonds. The molecular weight excluding hydrogens is 505 g/mol. The van der Waals surface area contributed by atoms with E-state index in [1.165, 1.54) is 51.7 Å². The molecule has 0 aliphatic heterocycles. The molecular formula is C24H28BrOSY-. The predicted molar refractivity (Wildman–Crippen MR) is 117 cm³/mol. The van der Waals surface area contributed by atoms with E-state index in [0.29, 0.717) is 17.8 Å². The molecule has 28 heavy (non-hydrogen) atoms. The third-order valence-corrected chi connectivity index (χ3v) is 8.02. The van der Waals surface area contributed by atoms with Crippen molar-refractivity contribution in [2.24, 2.45) is 11.8 Å². The molecule has 1 aromatic heterocycles. The van der Waals surface area contributed by atoms with Crippen LogP contribution in [0.2, 0.25) is 0 Å². The Morgan fingerprint density at radius 3 is 2.82 bits per heavy atom. The number of benzene rings is 1. The fourth-order valence-corrected chi connectivity index (χ4v) is 6.47. The van der Waals surface area contributed by atoms with Crippen LogP contribution in [-0.4, -0.2) is 5.11 Å². The zero-order chi connectivity index (χ0) is 18.8. The summed E-state index contributed by atoms with van der Waals surface area (Å²) in [6, 6.07) is 11.1. The number of aliphatic hydroxyl groups is 1. The Labute approximate surface area is 207 Å². The maximum atomic E-state index is 10.6. The third kappa shape index (κ3) is 4.91. The fourth-order valence-electron chi connectivity index (χ4n) is 4.97. The Hall–Kier alpha value is 0.204. The van der Waals surface area contributed by atoms with Gasteiger partial charge in [-0.05, 0) is 58.7 Å². The summed E-state index contributed by atoms with van der Waals surface area (Å²) in [4.78, 5) is 1.45. The maximum absolute atomic E-state index is 10.6. The molecule has 147 valence electrons. The quantitative estimate of drug-likeness (QED) is 0.382. The molecule has 2 aliphatic rings. The topological polar surface area (TPSA) is 20.2 Å². The van der Waals surface area contributed by atoms with Crippen LogP contribution in [0.5, 0.6) is 0 Å². The molecule has 2 aliphatic carbocycles. The van der Waals surface area contributed by atoms with Crippen LogP contribution in [0, 0.1) is 17.2 Å². The van der Waals surface area contributed by atoms with Crippen molar-refractivity contribution >= 4 is 27.3 Å². The molecule has 1 N–H and O–H groups in total.